The number of carboxylic acid groups (broad SMARTS) is 1. The molecule has 9 nitrogen and oxygen atoms in total. The fourth-order valence-corrected chi connectivity index (χ4v) is 4.99. The highest BCUT2D eigenvalue weighted by Gasteiger charge is 2.69. The van der Waals surface area contributed by atoms with E-state index in [1.54, 1.807) is 0 Å². The Balaban J connectivity index is 1.75. The first-order valence-electron chi connectivity index (χ1n) is 11.2. The van der Waals surface area contributed by atoms with Crippen LogP contribution < -0.4 is 11.1 Å². The molecule has 0 spiro atoms. The molecule has 0 bridgehead atoms. The molecule has 1 aliphatic carbocycles. The number of halogens is 6. The van der Waals surface area contributed by atoms with E-state index in [2.05, 4.69) is 31.2 Å². The number of aromatic nitrogens is 2. The Morgan fingerprint density at radius 2 is 1.85 bits per heavy atom. The standard InChI is InChI=1S/C25H18BrF5N4O5/c26-18-12-17(39-9-6-15-11-16(5-7-33-15)35-22(37)38)19(27)23(20(32)36,21-34-8-10-40-21)24(18,28)13-1-3-14(4-2-13)25(29,30)31/h1-5,7-8,10-12H,6,9H2,(H2,32,36)(H,33,35)(H,37,38). The van der Waals surface area contributed by atoms with Crippen LogP contribution in [0.5, 0.6) is 0 Å². The van der Waals surface area contributed by atoms with E-state index < -0.39 is 62.3 Å². The number of primary amides is 1. The average Bonchev–Trinajstić information content (AvgIpc) is 3.42. The molecule has 40 heavy (non-hydrogen) atoms. The summed E-state index contributed by atoms with van der Waals surface area (Å²) in [7, 11) is 0. The molecule has 2 unspecified atom stereocenters. The van der Waals surface area contributed by atoms with Gasteiger partial charge >= 0.3 is 12.3 Å². The van der Waals surface area contributed by atoms with Crippen molar-refractivity contribution in [2.75, 3.05) is 11.9 Å². The van der Waals surface area contributed by atoms with Gasteiger partial charge in [-0.2, -0.15) is 13.2 Å². The monoisotopic (exact) mass is 628 g/mol. The second kappa shape index (κ2) is 10.7. The number of rotatable bonds is 8. The molecule has 0 aliphatic heterocycles. The van der Waals surface area contributed by atoms with E-state index in [1.165, 1.54) is 18.3 Å². The smallest absolute Gasteiger partial charge is 0.416 e. The normalized spacial score (nSPS) is 21.1. The number of carbonyl (C=O) groups excluding carboxylic acids is 1. The third-order valence-electron chi connectivity index (χ3n) is 6.07. The number of alkyl halides is 4. The molecule has 0 saturated carbocycles. The number of allylic oxidation sites excluding steroid dienone is 2. The maximum atomic E-state index is 17.2. The lowest BCUT2D eigenvalue weighted by Crippen LogP contribution is -2.57. The number of ether oxygens (including phenoxy) is 1. The van der Waals surface area contributed by atoms with Crippen LogP contribution in [0.3, 0.4) is 0 Å². The summed E-state index contributed by atoms with van der Waals surface area (Å²) in [6.07, 6.45) is -1.84. The first-order chi connectivity index (χ1) is 18.8. The van der Waals surface area contributed by atoms with Crippen molar-refractivity contribution in [3.8, 4) is 0 Å². The highest BCUT2D eigenvalue weighted by molar-refractivity contribution is 9.11. The molecule has 1 aromatic carbocycles. The number of hydrogen-bond donors (Lipinski definition) is 3. The van der Waals surface area contributed by atoms with Gasteiger partial charge in [0.05, 0.1) is 18.4 Å². The van der Waals surface area contributed by atoms with Gasteiger partial charge in [-0.15, -0.1) is 0 Å². The highest BCUT2D eigenvalue weighted by Crippen LogP contribution is 2.59. The van der Waals surface area contributed by atoms with Gasteiger partial charge in [-0.3, -0.25) is 15.1 Å². The van der Waals surface area contributed by atoms with Crippen LogP contribution >= 0.6 is 15.9 Å². The number of oxazole rings is 1. The van der Waals surface area contributed by atoms with Crippen molar-refractivity contribution in [2.24, 2.45) is 5.73 Å². The Morgan fingerprint density at radius 1 is 1.15 bits per heavy atom. The molecular weight excluding hydrogens is 611 g/mol. The number of nitrogens with two attached hydrogens (primary N) is 1. The number of anilines is 1. The first kappa shape index (κ1) is 28.7. The van der Waals surface area contributed by atoms with Gasteiger partial charge in [0.15, 0.2) is 17.3 Å². The second-order valence-corrected chi connectivity index (χ2v) is 9.27. The summed E-state index contributed by atoms with van der Waals surface area (Å²) in [6.45, 7) is -0.275. The van der Waals surface area contributed by atoms with Crippen LogP contribution in [0.4, 0.5) is 32.4 Å². The summed E-state index contributed by atoms with van der Waals surface area (Å²) >= 11 is 3.00. The van der Waals surface area contributed by atoms with E-state index in [1.807, 2.05) is 0 Å². The topological polar surface area (TPSA) is 141 Å². The van der Waals surface area contributed by atoms with E-state index in [-0.39, 0.29) is 18.7 Å². The van der Waals surface area contributed by atoms with Crippen molar-refractivity contribution in [1.82, 2.24) is 9.97 Å². The zero-order chi connectivity index (χ0) is 29.3. The number of benzene rings is 1. The largest absolute Gasteiger partial charge is 0.490 e. The van der Waals surface area contributed by atoms with Gasteiger partial charge in [0.1, 0.15) is 6.26 Å². The SMILES string of the molecule is NC(=O)C1(c2ncco2)C(F)=C(OCCc2cc(NC(=O)O)ccn2)C=C(Br)C1(F)c1ccc(C(F)(F)F)cc1. The average molecular weight is 629 g/mol. The van der Waals surface area contributed by atoms with Crippen LogP contribution in [0.1, 0.15) is 22.7 Å². The van der Waals surface area contributed by atoms with E-state index in [4.69, 9.17) is 20.0 Å². The molecule has 3 aromatic rings. The van der Waals surface area contributed by atoms with Crippen LogP contribution in [0.25, 0.3) is 0 Å². The van der Waals surface area contributed by atoms with Crippen LogP contribution in [0, 0.1) is 0 Å². The maximum Gasteiger partial charge on any atom is 0.416 e. The van der Waals surface area contributed by atoms with E-state index in [9.17, 15) is 22.8 Å². The minimum absolute atomic E-state index is 0.0274. The molecule has 0 fully saturated rings. The summed E-state index contributed by atoms with van der Waals surface area (Å²) in [4.78, 5) is 31.6. The summed E-state index contributed by atoms with van der Waals surface area (Å²) < 4.78 is 83.1. The Bertz CT molecular complexity index is 1490. The molecule has 210 valence electrons. The third kappa shape index (κ3) is 4.92. The van der Waals surface area contributed by atoms with Crippen molar-refractivity contribution in [3.05, 3.63) is 99.9 Å². The lowest BCUT2D eigenvalue weighted by atomic mass is 9.65. The van der Waals surface area contributed by atoms with Gasteiger partial charge in [0.2, 0.25) is 17.2 Å². The van der Waals surface area contributed by atoms with E-state index >= 15 is 8.78 Å². The highest BCUT2D eigenvalue weighted by atomic mass is 79.9. The molecule has 2 atom stereocenters. The molecule has 4 rings (SSSR count). The molecule has 2 aromatic heterocycles. The molecule has 4 N–H and O–H groups in total. The lowest BCUT2D eigenvalue weighted by molar-refractivity contribution is -0.137. The van der Waals surface area contributed by atoms with Crippen LogP contribution in [-0.4, -0.2) is 33.7 Å². The van der Waals surface area contributed by atoms with Crippen molar-refractivity contribution in [1.29, 1.82) is 0 Å². The quantitative estimate of drug-likeness (QED) is 0.280. The molecule has 15 heteroatoms. The van der Waals surface area contributed by atoms with Crippen molar-refractivity contribution < 1.29 is 45.8 Å². The Morgan fingerprint density at radius 3 is 2.42 bits per heavy atom. The van der Waals surface area contributed by atoms with Gasteiger partial charge in [-0.25, -0.2) is 18.6 Å². The number of pyridine rings is 1. The number of nitrogens with one attached hydrogen (secondary N) is 1. The van der Waals surface area contributed by atoms with Crippen molar-refractivity contribution in [2.45, 2.75) is 23.7 Å². The molecular formula is C25H18BrF5N4O5. The Kier molecular flexibility index (Phi) is 7.70. The maximum absolute atomic E-state index is 17.2. The first-order valence-corrected chi connectivity index (χ1v) is 12.0. The second-order valence-electron chi connectivity index (χ2n) is 8.42. The fourth-order valence-electron chi connectivity index (χ4n) is 4.26. The molecule has 2 heterocycles. The van der Waals surface area contributed by atoms with E-state index in [0.717, 1.165) is 30.7 Å². The Labute approximate surface area is 230 Å². The summed E-state index contributed by atoms with van der Waals surface area (Å²) in [5.41, 5.74) is -1.86. The lowest BCUT2D eigenvalue weighted by Gasteiger charge is -2.42. The minimum atomic E-state index is -4.74. The molecule has 1 aliphatic rings. The van der Waals surface area contributed by atoms with Crippen LogP contribution in [0.15, 0.2) is 81.6 Å². The predicted octanol–water partition coefficient (Wildman–Crippen LogP) is 5.50. The van der Waals surface area contributed by atoms with E-state index in [0.29, 0.717) is 17.8 Å². The fraction of sp³-hybridized carbons (Fsp3) is 0.200. The van der Waals surface area contributed by atoms with Crippen LogP contribution in [0.2, 0.25) is 0 Å². The van der Waals surface area contributed by atoms with Crippen molar-refractivity contribution >= 4 is 33.6 Å². The predicted molar refractivity (Wildman–Crippen MR) is 132 cm³/mol. The minimum Gasteiger partial charge on any atom is -0.490 e. The molecule has 2 amide bonds. The van der Waals surface area contributed by atoms with Crippen molar-refractivity contribution in [3.63, 3.8) is 0 Å². The van der Waals surface area contributed by atoms with Gasteiger partial charge in [0, 0.05) is 28.5 Å². The Hall–Kier alpha value is -4.27. The molecule has 0 radical (unpaired) electrons. The zero-order valence-corrected chi connectivity index (χ0v) is 21.6. The van der Waals surface area contributed by atoms with Crippen LogP contribution in [-0.2, 0) is 33.2 Å². The summed E-state index contributed by atoms with van der Waals surface area (Å²) in [5, 5.41) is 11.0. The molecule has 0 saturated heterocycles. The number of carbonyl (C=O) groups is 2. The summed E-state index contributed by atoms with van der Waals surface area (Å²) in [5.74, 6) is -4.58. The zero-order valence-electron chi connectivity index (χ0n) is 20.0. The van der Waals surface area contributed by atoms with Gasteiger partial charge in [0.25, 0.3) is 0 Å². The number of nitrogens with zero attached hydrogens (tertiary/aromatic N) is 2. The third-order valence-corrected chi connectivity index (χ3v) is 6.84. The summed E-state index contributed by atoms with van der Waals surface area (Å²) in [6, 6.07) is 5.47. The van der Waals surface area contributed by atoms with Gasteiger partial charge < -0.3 is 20.0 Å². The number of hydrogen-bond acceptors (Lipinski definition) is 6. The number of amides is 2. The van der Waals surface area contributed by atoms with Gasteiger partial charge in [-0.05, 0) is 35.9 Å². The van der Waals surface area contributed by atoms with Gasteiger partial charge in [-0.1, -0.05) is 28.1 Å².